The van der Waals surface area contributed by atoms with Crippen LogP contribution in [0.3, 0.4) is 0 Å². The van der Waals surface area contributed by atoms with Gasteiger partial charge < -0.3 is 9.92 Å². The summed E-state index contributed by atoms with van der Waals surface area (Å²) in [5.74, 6) is -1.66. The predicted octanol–water partition coefficient (Wildman–Crippen LogP) is 2.70. The Balaban J connectivity index is 2.55. The lowest BCUT2D eigenvalue weighted by atomic mass is 10.1. The van der Waals surface area contributed by atoms with E-state index in [4.69, 9.17) is 5.73 Å². The van der Waals surface area contributed by atoms with E-state index in [-0.39, 0.29) is 16.9 Å². The van der Waals surface area contributed by atoms with Crippen LogP contribution in [0.1, 0.15) is 0 Å². The van der Waals surface area contributed by atoms with Gasteiger partial charge in [-0.2, -0.15) is 21.6 Å². The summed E-state index contributed by atoms with van der Waals surface area (Å²) in [5.41, 5.74) is -0.649. The molecule has 0 amide bonds. The van der Waals surface area contributed by atoms with E-state index in [2.05, 4.69) is 9.17 Å². The van der Waals surface area contributed by atoms with Gasteiger partial charge in [0, 0.05) is 11.1 Å². The van der Waals surface area contributed by atoms with Gasteiger partial charge in [-0.25, -0.2) is 9.37 Å². The molecule has 2 N–H and O–H groups in total. The molecule has 2 aromatic rings. The lowest BCUT2D eigenvalue weighted by Crippen LogP contribution is -2.28. The number of alkyl halides is 3. The number of halogens is 4. The number of benzene rings is 1. The van der Waals surface area contributed by atoms with Gasteiger partial charge in [-0.15, -0.1) is 0 Å². The summed E-state index contributed by atoms with van der Waals surface area (Å²) in [6, 6.07) is 5.83. The van der Waals surface area contributed by atoms with Crippen molar-refractivity contribution in [2.75, 3.05) is 5.73 Å². The fourth-order valence-corrected chi connectivity index (χ4v) is 2.06. The molecule has 118 valence electrons. The number of para-hydroxylation sites is 1. The zero-order valence-corrected chi connectivity index (χ0v) is 11.5. The molecule has 0 saturated carbocycles. The third-order valence-electron chi connectivity index (χ3n) is 2.54. The van der Waals surface area contributed by atoms with Crippen LogP contribution in [0.15, 0.2) is 36.5 Å². The van der Waals surface area contributed by atoms with Crippen molar-refractivity contribution in [2.24, 2.45) is 0 Å². The Bertz CT molecular complexity index is 806. The zero-order valence-electron chi connectivity index (χ0n) is 10.6. The maximum atomic E-state index is 13.8. The van der Waals surface area contributed by atoms with Crippen LogP contribution in [0.4, 0.5) is 23.4 Å². The number of pyridine rings is 1. The van der Waals surface area contributed by atoms with E-state index in [0.717, 1.165) is 18.3 Å². The van der Waals surface area contributed by atoms with E-state index in [9.17, 15) is 26.0 Å². The average molecular weight is 336 g/mol. The van der Waals surface area contributed by atoms with Crippen LogP contribution in [-0.2, 0) is 10.1 Å². The second-order valence-corrected chi connectivity index (χ2v) is 5.61. The average Bonchev–Trinajstić information content (AvgIpc) is 2.41. The SMILES string of the molecule is Nc1cc(-c2ccccc2OS(=O)(=O)C(F)(F)F)c(F)cn1. The Morgan fingerprint density at radius 1 is 1.14 bits per heavy atom. The first-order chi connectivity index (χ1) is 10.1. The maximum Gasteiger partial charge on any atom is 0.534 e. The molecule has 0 unspecified atom stereocenters. The highest BCUT2D eigenvalue weighted by Crippen LogP contribution is 2.35. The minimum atomic E-state index is -5.87. The fraction of sp³-hybridized carbons (Fsp3) is 0.0833. The summed E-state index contributed by atoms with van der Waals surface area (Å²) in [5, 5.41) is 0. The summed E-state index contributed by atoms with van der Waals surface area (Å²) < 4.78 is 77.1. The van der Waals surface area contributed by atoms with Crippen LogP contribution in [0.2, 0.25) is 0 Å². The van der Waals surface area contributed by atoms with Gasteiger partial charge in [-0.3, -0.25) is 0 Å². The van der Waals surface area contributed by atoms with Crippen LogP contribution in [0.5, 0.6) is 5.75 Å². The molecule has 2 rings (SSSR count). The second kappa shape index (κ2) is 5.44. The summed E-state index contributed by atoms with van der Waals surface area (Å²) in [6.45, 7) is 0. The van der Waals surface area contributed by atoms with E-state index in [1.54, 1.807) is 0 Å². The number of hydrogen-bond donors (Lipinski definition) is 1. The highest BCUT2D eigenvalue weighted by molar-refractivity contribution is 7.88. The Morgan fingerprint density at radius 3 is 2.41 bits per heavy atom. The Morgan fingerprint density at radius 2 is 1.77 bits per heavy atom. The molecule has 0 radical (unpaired) electrons. The van der Waals surface area contributed by atoms with Crippen molar-refractivity contribution in [1.82, 2.24) is 4.98 Å². The topological polar surface area (TPSA) is 82.3 Å². The number of aromatic nitrogens is 1. The molecular weight excluding hydrogens is 328 g/mol. The minimum absolute atomic E-state index is 0.0927. The standard InChI is InChI=1S/C12H8F4N2O3S/c13-9-6-18-11(17)5-8(9)7-3-1-2-4-10(7)21-22(19,20)12(14,15)16/h1-6H,(H2,17,18). The van der Waals surface area contributed by atoms with Crippen molar-refractivity contribution in [3.8, 4) is 16.9 Å². The van der Waals surface area contributed by atoms with Gasteiger partial charge >= 0.3 is 15.6 Å². The normalized spacial score (nSPS) is 12.2. The van der Waals surface area contributed by atoms with E-state index in [1.165, 1.54) is 18.2 Å². The largest absolute Gasteiger partial charge is 0.534 e. The minimum Gasteiger partial charge on any atom is -0.384 e. The zero-order chi connectivity index (χ0) is 16.5. The van der Waals surface area contributed by atoms with Crippen LogP contribution in [-0.4, -0.2) is 18.9 Å². The number of nitrogens with zero attached hydrogens (tertiary/aromatic N) is 1. The van der Waals surface area contributed by atoms with Gasteiger partial charge in [0.05, 0.1) is 6.20 Å². The summed E-state index contributed by atoms with van der Waals surface area (Å²) in [4.78, 5) is 3.47. The molecule has 1 aromatic carbocycles. The van der Waals surface area contributed by atoms with Crippen LogP contribution in [0, 0.1) is 5.82 Å². The summed E-state index contributed by atoms with van der Waals surface area (Å²) >= 11 is 0. The number of nitrogens with two attached hydrogens (primary N) is 1. The molecule has 1 heterocycles. The molecule has 5 nitrogen and oxygen atoms in total. The van der Waals surface area contributed by atoms with Crippen molar-refractivity contribution in [3.05, 3.63) is 42.3 Å². The molecular formula is C12H8F4N2O3S. The molecule has 0 aliphatic carbocycles. The van der Waals surface area contributed by atoms with Gasteiger partial charge in [0.1, 0.15) is 11.6 Å². The first-order valence-corrected chi connectivity index (χ1v) is 7.04. The van der Waals surface area contributed by atoms with Crippen molar-refractivity contribution in [1.29, 1.82) is 0 Å². The van der Waals surface area contributed by atoms with Gasteiger partial charge in [-0.05, 0) is 12.1 Å². The molecule has 0 spiro atoms. The summed E-state index contributed by atoms with van der Waals surface area (Å²) in [7, 11) is -5.87. The predicted molar refractivity (Wildman–Crippen MR) is 69.6 cm³/mol. The van der Waals surface area contributed by atoms with E-state index in [0.29, 0.717) is 0 Å². The fourth-order valence-electron chi connectivity index (χ4n) is 1.59. The lowest BCUT2D eigenvalue weighted by molar-refractivity contribution is -0.0499. The monoisotopic (exact) mass is 336 g/mol. The smallest absolute Gasteiger partial charge is 0.384 e. The molecule has 0 atom stereocenters. The quantitative estimate of drug-likeness (QED) is 0.529. The van der Waals surface area contributed by atoms with E-state index >= 15 is 0 Å². The Kier molecular flexibility index (Phi) is 3.96. The van der Waals surface area contributed by atoms with E-state index in [1.807, 2.05) is 0 Å². The van der Waals surface area contributed by atoms with Crippen LogP contribution < -0.4 is 9.92 Å². The van der Waals surface area contributed by atoms with Crippen LogP contribution >= 0.6 is 0 Å². The van der Waals surface area contributed by atoms with Crippen molar-refractivity contribution < 1.29 is 30.2 Å². The third kappa shape index (κ3) is 3.11. The van der Waals surface area contributed by atoms with Crippen molar-refractivity contribution >= 4 is 15.9 Å². The Hall–Kier alpha value is -2.36. The van der Waals surface area contributed by atoms with Gasteiger partial charge in [-0.1, -0.05) is 18.2 Å². The molecule has 22 heavy (non-hydrogen) atoms. The van der Waals surface area contributed by atoms with Gasteiger partial charge in [0.15, 0.2) is 5.75 Å². The molecule has 0 fully saturated rings. The maximum absolute atomic E-state index is 13.8. The molecule has 10 heteroatoms. The van der Waals surface area contributed by atoms with Crippen LogP contribution in [0.25, 0.3) is 11.1 Å². The highest BCUT2D eigenvalue weighted by atomic mass is 32.2. The van der Waals surface area contributed by atoms with Gasteiger partial charge in [0.25, 0.3) is 0 Å². The van der Waals surface area contributed by atoms with Crippen molar-refractivity contribution in [3.63, 3.8) is 0 Å². The van der Waals surface area contributed by atoms with E-state index < -0.39 is 27.2 Å². The second-order valence-electron chi connectivity index (χ2n) is 4.07. The molecule has 0 bridgehead atoms. The lowest BCUT2D eigenvalue weighted by Gasteiger charge is -2.13. The third-order valence-corrected chi connectivity index (χ3v) is 3.50. The first kappa shape index (κ1) is 16.0. The number of nitrogen functional groups attached to an aromatic ring is 1. The Labute approximate surface area is 122 Å². The number of rotatable bonds is 3. The number of anilines is 1. The van der Waals surface area contributed by atoms with Gasteiger partial charge in [0.2, 0.25) is 0 Å². The summed E-state index contributed by atoms with van der Waals surface area (Å²) in [6.07, 6.45) is 0.764. The number of hydrogen-bond acceptors (Lipinski definition) is 5. The molecule has 1 aromatic heterocycles. The molecule has 0 saturated heterocycles. The highest BCUT2D eigenvalue weighted by Gasteiger charge is 2.48. The van der Waals surface area contributed by atoms with Crippen molar-refractivity contribution in [2.45, 2.75) is 5.51 Å². The molecule has 0 aliphatic rings. The molecule has 0 aliphatic heterocycles. The first-order valence-electron chi connectivity index (χ1n) is 5.63.